The van der Waals surface area contributed by atoms with Gasteiger partial charge < -0.3 is 5.11 Å². The van der Waals surface area contributed by atoms with Gasteiger partial charge in [-0.2, -0.15) is 0 Å². The highest BCUT2D eigenvalue weighted by molar-refractivity contribution is 7.12. The third-order valence-electron chi connectivity index (χ3n) is 3.27. The Kier molecular flexibility index (Phi) is 3.36. The largest absolute Gasteiger partial charge is 0.481 e. The van der Waals surface area contributed by atoms with Crippen LogP contribution in [0.2, 0.25) is 0 Å². The van der Waals surface area contributed by atoms with Crippen LogP contribution in [0.5, 0.6) is 0 Å². The standard InChI is InChI=1S/C13H14N2O2S2/c1-7-6-18-10(14-7)5-11-15-12-8(13(16)17)3-2-4-9(12)19-11/h6,8H,2-5H2,1H3,(H,16,17). The highest BCUT2D eigenvalue weighted by Crippen LogP contribution is 2.35. The molecular formula is C13H14N2O2S2. The van der Waals surface area contributed by atoms with Crippen LogP contribution in [-0.2, 0) is 17.6 Å². The highest BCUT2D eigenvalue weighted by Gasteiger charge is 2.29. The van der Waals surface area contributed by atoms with Gasteiger partial charge in [-0.1, -0.05) is 0 Å². The van der Waals surface area contributed by atoms with Crippen molar-refractivity contribution in [3.63, 3.8) is 0 Å². The Morgan fingerprint density at radius 1 is 1.47 bits per heavy atom. The summed E-state index contributed by atoms with van der Waals surface area (Å²) in [6, 6.07) is 0. The molecule has 1 N–H and O–H groups in total. The summed E-state index contributed by atoms with van der Waals surface area (Å²) in [5.41, 5.74) is 1.83. The van der Waals surface area contributed by atoms with E-state index in [0.29, 0.717) is 6.42 Å². The van der Waals surface area contributed by atoms with E-state index in [-0.39, 0.29) is 0 Å². The average molecular weight is 294 g/mol. The predicted molar refractivity (Wildman–Crippen MR) is 75.1 cm³/mol. The molecule has 2 aromatic rings. The average Bonchev–Trinajstić information content (AvgIpc) is 2.94. The molecule has 0 saturated carbocycles. The Labute approximate surface area is 119 Å². The molecule has 2 heterocycles. The predicted octanol–water partition coefficient (Wildman–Crippen LogP) is 3.00. The van der Waals surface area contributed by atoms with Gasteiger partial charge in [0, 0.05) is 16.0 Å². The zero-order valence-corrected chi connectivity index (χ0v) is 12.2. The van der Waals surface area contributed by atoms with Crippen molar-refractivity contribution >= 4 is 28.6 Å². The molecule has 0 saturated heterocycles. The van der Waals surface area contributed by atoms with Crippen LogP contribution >= 0.6 is 22.7 Å². The number of carbonyl (C=O) groups is 1. The lowest BCUT2D eigenvalue weighted by molar-refractivity contribution is -0.139. The molecule has 0 spiro atoms. The van der Waals surface area contributed by atoms with Crippen molar-refractivity contribution in [1.29, 1.82) is 0 Å². The Morgan fingerprint density at radius 2 is 2.32 bits per heavy atom. The van der Waals surface area contributed by atoms with Crippen LogP contribution < -0.4 is 0 Å². The van der Waals surface area contributed by atoms with Crippen LogP contribution in [0.25, 0.3) is 0 Å². The van der Waals surface area contributed by atoms with Gasteiger partial charge in [0.05, 0.1) is 28.0 Å². The minimum absolute atomic E-state index is 0.410. The molecule has 1 aliphatic rings. The normalized spacial score (nSPS) is 18.3. The van der Waals surface area contributed by atoms with Gasteiger partial charge >= 0.3 is 5.97 Å². The van der Waals surface area contributed by atoms with Gasteiger partial charge in [-0.3, -0.25) is 4.79 Å². The minimum Gasteiger partial charge on any atom is -0.481 e. The summed E-state index contributed by atoms with van der Waals surface area (Å²) in [6.45, 7) is 1.98. The minimum atomic E-state index is -0.747. The fourth-order valence-corrected chi connectivity index (χ4v) is 4.44. The highest BCUT2D eigenvalue weighted by atomic mass is 32.1. The topological polar surface area (TPSA) is 63.1 Å². The van der Waals surface area contributed by atoms with E-state index in [1.165, 1.54) is 0 Å². The van der Waals surface area contributed by atoms with E-state index in [2.05, 4.69) is 9.97 Å². The van der Waals surface area contributed by atoms with Gasteiger partial charge in [-0.25, -0.2) is 9.97 Å². The molecule has 6 heteroatoms. The maximum atomic E-state index is 11.2. The van der Waals surface area contributed by atoms with Crippen molar-refractivity contribution in [3.05, 3.63) is 31.7 Å². The van der Waals surface area contributed by atoms with Crippen LogP contribution in [-0.4, -0.2) is 21.0 Å². The van der Waals surface area contributed by atoms with Crippen LogP contribution in [0.15, 0.2) is 5.38 Å². The first kappa shape index (κ1) is 12.7. The third-order valence-corrected chi connectivity index (χ3v) is 5.36. The summed E-state index contributed by atoms with van der Waals surface area (Å²) >= 11 is 3.29. The molecule has 3 rings (SSSR count). The summed E-state index contributed by atoms with van der Waals surface area (Å²) in [5, 5.41) is 13.3. The van der Waals surface area contributed by atoms with Crippen LogP contribution in [0.3, 0.4) is 0 Å². The number of aromatic nitrogens is 2. The maximum Gasteiger partial charge on any atom is 0.312 e. The zero-order valence-electron chi connectivity index (χ0n) is 10.5. The van der Waals surface area contributed by atoms with E-state index in [9.17, 15) is 9.90 Å². The second-order valence-electron chi connectivity index (χ2n) is 4.76. The van der Waals surface area contributed by atoms with Gasteiger partial charge in [0.1, 0.15) is 0 Å². The molecule has 1 unspecified atom stereocenters. The number of hydrogen-bond donors (Lipinski definition) is 1. The van der Waals surface area contributed by atoms with Crippen molar-refractivity contribution in [2.45, 2.75) is 38.5 Å². The second kappa shape index (κ2) is 5.02. The summed E-state index contributed by atoms with van der Waals surface area (Å²) in [7, 11) is 0. The first-order valence-electron chi connectivity index (χ1n) is 6.26. The molecular weight excluding hydrogens is 280 g/mol. The van der Waals surface area contributed by atoms with Gasteiger partial charge in [-0.05, 0) is 26.2 Å². The maximum absolute atomic E-state index is 11.2. The molecule has 0 aromatic carbocycles. The number of aryl methyl sites for hydroxylation is 2. The number of fused-ring (bicyclic) bond motifs is 1. The van der Waals surface area contributed by atoms with Crippen molar-refractivity contribution in [2.24, 2.45) is 0 Å². The van der Waals surface area contributed by atoms with E-state index in [4.69, 9.17) is 0 Å². The van der Waals surface area contributed by atoms with Gasteiger partial charge in [0.15, 0.2) is 0 Å². The quantitative estimate of drug-likeness (QED) is 0.945. The molecule has 1 atom stereocenters. The fourth-order valence-electron chi connectivity index (χ4n) is 2.40. The number of nitrogens with zero attached hydrogens (tertiary/aromatic N) is 2. The molecule has 2 aromatic heterocycles. The Balaban J connectivity index is 1.87. The molecule has 1 aliphatic carbocycles. The number of hydrogen-bond acceptors (Lipinski definition) is 5. The molecule has 0 radical (unpaired) electrons. The Hall–Kier alpha value is -1.27. The van der Waals surface area contributed by atoms with Crippen molar-refractivity contribution in [2.75, 3.05) is 0 Å². The summed E-state index contributed by atoms with van der Waals surface area (Å²) in [6.07, 6.45) is 3.35. The monoisotopic (exact) mass is 294 g/mol. The summed E-state index contributed by atoms with van der Waals surface area (Å²) in [4.78, 5) is 21.4. The smallest absolute Gasteiger partial charge is 0.312 e. The van der Waals surface area contributed by atoms with Crippen LogP contribution in [0, 0.1) is 6.92 Å². The SMILES string of the molecule is Cc1csc(Cc2nc3c(s2)CCCC3C(=O)O)n1. The van der Waals surface area contributed by atoms with E-state index < -0.39 is 11.9 Å². The summed E-state index contributed by atoms with van der Waals surface area (Å²) < 4.78 is 0. The van der Waals surface area contributed by atoms with E-state index >= 15 is 0 Å². The fraction of sp³-hybridized carbons (Fsp3) is 0.462. The van der Waals surface area contributed by atoms with Crippen molar-refractivity contribution in [1.82, 2.24) is 9.97 Å². The van der Waals surface area contributed by atoms with Crippen LogP contribution in [0.4, 0.5) is 0 Å². The van der Waals surface area contributed by atoms with Crippen molar-refractivity contribution < 1.29 is 9.90 Å². The lowest BCUT2D eigenvalue weighted by Gasteiger charge is -2.16. The lowest BCUT2D eigenvalue weighted by atomic mass is 9.91. The molecule has 0 bridgehead atoms. The lowest BCUT2D eigenvalue weighted by Crippen LogP contribution is -2.17. The van der Waals surface area contributed by atoms with Crippen LogP contribution in [0.1, 0.15) is 45.0 Å². The van der Waals surface area contributed by atoms with Crippen molar-refractivity contribution in [3.8, 4) is 0 Å². The third kappa shape index (κ3) is 2.55. The molecule has 0 fully saturated rings. The Bertz CT molecular complexity index is 618. The number of carboxylic acids is 1. The first-order chi connectivity index (χ1) is 9.13. The molecule has 0 amide bonds. The summed E-state index contributed by atoms with van der Waals surface area (Å²) in [5.74, 6) is -1.16. The van der Waals surface area contributed by atoms with Gasteiger partial charge in [-0.15, -0.1) is 22.7 Å². The Morgan fingerprint density at radius 3 is 3.00 bits per heavy atom. The molecule has 100 valence electrons. The molecule has 19 heavy (non-hydrogen) atoms. The molecule has 0 aliphatic heterocycles. The van der Waals surface area contributed by atoms with Gasteiger partial charge in [0.2, 0.25) is 0 Å². The zero-order chi connectivity index (χ0) is 13.4. The number of thiazole rings is 2. The van der Waals surface area contributed by atoms with E-state index in [1.54, 1.807) is 22.7 Å². The number of aliphatic carboxylic acids is 1. The van der Waals surface area contributed by atoms with Gasteiger partial charge in [0.25, 0.3) is 0 Å². The first-order valence-corrected chi connectivity index (χ1v) is 7.95. The van der Waals surface area contributed by atoms with E-state index in [1.807, 2.05) is 12.3 Å². The number of rotatable bonds is 3. The molecule has 4 nitrogen and oxygen atoms in total. The second-order valence-corrected chi connectivity index (χ2v) is 6.87. The number of carboxylic acid groups (broad SMARTS) is 1. The van der Waals surface area contributed by atoms with E-state index in [0.717, 1.165) is 45.5 Å².